The van der Waals surface area contributed by atoms with Gasteiger partial charge in [0, 0.05) is 18.4 Å². The summed E-state index contributed by atoms with van der Waals surface area (Å²) in [7, 11) is 8.94. The summed E-state index contributed by atoms with van der Waals surface area (Å²) < 4.78 is 21.7. The zero-order valence-electron chi connectivity index (χ0n) is 32.7. The zero-order chi connectivity index (χ0) is 38.9. The molecule has 1 aliphatic rings. The molecule has 0 aliphatic carbocycles. The van der Waals surface area contributed by atoms with Gasteiger partial charge in [-0.05, 0) is 129 Å². The van der Waals surface area contributed by atoms with Crippen molar-refractivity contribution < 1.29 is 18.9 Å². The van der Waals surface area contributed by atoms with Gasteiger partial charge < -0.3 is 23.8 Å². The van der Waals surface area contributed by atoms with Gasteiger partial charge in [0.1, 0.15) is 23.0 Å². The van der Waals surface area contributed by atoms with E-state index in [0.717, 1.165) is 80.4 Å². The van der Waals surface area contributed by atoms with E-state index in [-0.39, 0.29) is 0 Å². The monoisotopic (exact) mass is 737 g/mol. The van der Waals surface area contributed by atoms with Gasteiger partial charge in [-0.2, -0.15) is 0 Å². The van der Waals surface area contributed by atoms with Crippen molar-refractivity contribution in [1.82, 2.24) is 0 Å². The van der Waals surface area contributed by atoms with E-state index >= 15 is 0 Å². The van der Waals surface area contributed by atoms with Crippen LogP contribution in [0.5, 0.6) is 23.0 Å². The van der Waals surface area contributed by atoms with Crippen molar-refractivity contribution in [3.05, 3.63) is 202 Å². The Kier molecular flexibility index (Phi) is 11.8. The number of anilines is 2. The normalized spacial score (nSPS) is 12.1. The van der Waals surface area contributed by atoms with E-state index in [0.29, 0.717) is 0 Å². The van der Waals surface area contributed by atoms with Gasteiger partial charge in [-0.3, -0.25) is 0 Å². The number of methoxy groups -OCH3 is 4. The Hall–Kier alpha value is -6.72. The predicted molar refractivity (Wildman–Crippen MR) is 233 cm³/mol. The van der Waals surface area contributed by atoms with E-state index in [1.807, 2.05) is 48.5 Å². The second-order valence-corrected chi connectivity index (χ2v) is 13.6. The zero-order valence-corrected chi connectivity index (χ0v) is 32.7. The number of rotatable bonds is 12. The molecule has 0 amide bonds. The number of allylic oxidation sites excluding steroid dienone is 4. The molecule has 5 nitrogen and oxygen atoms in total. The van der Waals surface area contributed by atoms with Crippen LogP contribution in [-0.2, 0) is 12.8 Å². The number of benzene rings is 6. The lowest BCUT2D eigenvalue weighted by atomic mass is 9.97. The van der Waals surface area contributed by atoms with Gasteiger partial charge in [-0.25, -0.2) is 0 Å². The largest absolute Gasteiger partial charge is 0.497 e. The average Bonchev–Trinajstić information content (AvgIpc) is 3.39. The summed E-state index contributed by atoms with van der Waals surface area (Å²) in [4.78, 5) is 2.35. The molecular formula is C51H47NO4. The molecule has 6 aromatic rings. The third-order valence-electron chi connectivity index (χ3n) is 10.3. The van der Waals surface area contributed by atoms with Crippen LogP contribution in [0.1, 0.15) is 44.5 Å². The van der Waals surface area contributed by atoms with Crippen molar-refractivity contribution in [3.8, 4) is 23.0 Å². The Morgan fingerprint density at radius 1 is 0.429 bits per heavy atom. The van der Waals surface area contributed by atoms with Crippen LogP contribution in [0, 0.1) is 0 Å². The summed E-state index contributed by atoms with van der Waals surface area (Å²) in [6.07, 6.45) is 15.0. The van der Waals surface area contributed by atoms with Crippen LogP contribution in [0.2, 0.25) is 0 Å². The molecule has 0 bridgehead atoms. The van der Waals surface area contributed by atoms with Gasteiger partial charge in [-0.15, -0.1) is 0 Å². The first-order chi connectivity index (χ1) is 27.5. The maximum Gasteiger partial charge on any atom is 0.118 e. The molecule has 0 fully saturated rings. The summed E-state index contributed by atoms with van der Waals surface area (Å²) in [5.74, 6) is 3.32. The Morgan fingerprint density at radius 3 is 1.02 bits per heavy atom. The molecular weight excluding hydrogens is 691 g/mol. The molecule has 6 aromatic carbocycles. The number of aryl methyl sites for hydroxylation is 2. The van der Waals surface area contributed by atoms with E-state index < -0.39 is 0 Å². The van der Waals surface area contributed by atoms with E-state index in [9.17, 15) is 0 Å². The Labute approximate surface area is 331 Å². The Bertz CT molecular complexity index is 2110. The van der Waals surface area contributed by atoms with Crippen LogP contribution in [0.3, 0.4) is 0 Å². The molecule has 0 spiro atoms. The average molecular weight is 738 g/mol. The van der Waals surface area contributed by atoms with Gasteiger partial charge in [0.25, 0.3) is 0 Å². The molecule has 5 heteroatoms. The van der Waals surface area contributed by atoms with Crippen LogP contribution >= 0.6 is 0 Å². The summed E-state index contributed by atoms with van der Waals surface area (Å²) in [5, 5.41) is 0. The van der Waals surface area contributed by atoms with E-state index in [2.05, 4.69) is 133 Å². The highest BCUT2D eigenvalue weighted by molar-refractivity contribution is 5.84. The minimum Gasteiger partial charge on any atom is -0.497 e. The molecule has 0 saturated carbocycles. The number of ether oxygens (including phenoxy) is 4. The number of nitrogens with zero attached hydrogens (tertiary/aromatic N) is 1. The number of fused-ring (bicyclic) bond motifs is 2. The molecule has 0 unspecified atom stereocenters. The van der Waals surface area contributed by atoms with E-state index in [4.69, 9.17) is 18.9 Å². The lowest BCUT2D eigenvalue weighted by Crippen LogP contribution is -2.11. The molecule has 0 radical (unpaired) electrons. The fourth-order valence-corrected chi connectivity index (χ4v) is 7.13. The van der Waals surface area contributed by atoms with Crippen molar-refractivity contribution in [1.29, 1.82) is 0 Å². The maximum atomic E-state index is 5.42. The van der Waals surface area contributed by atoms with Crippen molar-refractivity contribution >= 4 is 34.7 Å². The molecule has 56 heavy (non-hydrogen) atoms. The third kappa shape index (κ3) is 8.64. The van der Waals surface area contributed by atoms with Crippen LogP contribution in [0.4, 0.5) is 11.4 Å². The molecule has 1 aliphatic heterocycles. The summed E-state index contributed by atoms with van der Waals surface area (Å²) >= 11 is 0. The first-order valence-electron chi connectivity index (χ1n) is 18.8. The molecule has 7 rings (SSSR count). The molecule has 1 heterocycles. The molecule has 280 valence electrons. The van der Waals surface area contributed by atoms with Crippen LogP contribution in [0.25, 0.3) is 23.3 Å². The Morgan fingerprint density at radius 2 is 0.732 bits per heavy atom. The van der Waals surface area contributed by atoms with Gasteiger partial charge in [-0.1, -0.05) is 109 Å². The minimum atomic E-state index is 0.831. The maximum absolute atomic E-state index is 5.42. The van der Waals surface area contributed by atoms with Crippen molar-refractivity contribution in [2.75, 3.05) is 40.4 Å². The van der Waals surface area contributed by atoms with Crippen molar-refractivity contribution in [2.45, 2.75) is 12.8 Å². The van der Waals surface area contributed by atoms with E-state index in [1.54, 1.807) is 28.4 Å². The SMILES string of the molecule is COc1ccc(C(=CC=Cc2ccc3c(c2)N(C)c2cc(C=CC=C(c4ccc(OC)cc4)c4ccc(OC)cc4)ccc2CC3)c2ccc(OC)cc2)cc1. The van der Waals surface area contributed by atoms with Gasteiger partial charge in [0.15, 0.2) is 0 Å². The van der Waals surface area contributed by atoms with Gasteiger partial charge >= 0.3 is 0 Å². The van der Waals surface area contributed by atoms with Crippen molar-refractivity contribution in [2.24, 2.45) is 0 Å². The van der Waals surface area contributed by atoms with Gasteiger partial charge in [0.2, 0.25) is 0 Å². The topological polar surface area (TPSA) is 40.2 Å². The molecule has 0 saturated heterocycles. The molecule has 0 atom stereocenters. The standard InChI is InChI=1S/C51H47NO4/c1-52-50-34-36(8-6-10-48(38-18-26-44(53-2)27-19-38)39-20-28-45(54-3)29-21-39)12-14-42(50)16-17-43-15-13-37(35-51(43)52)9-7-11-49(40-22-30-46(55-4)31-23-40)41-24-32-47(56-5)33-25-41/h6-15,18-35H,16-17H2,1-5H3. The minimum absolute atomic E-state index is 0.831. The van der Waals surface area contributed by atoms with Crippen molar-refractivity contribution in [3.63, 3.8) is 0 Å². The summed E-state index contributed by atoms with van der Waals surface area (Å²) in [5.41, 5.74) is 14.1. The Balaban J connectivity index is 1.15. The first-order valence-corrected chi connectivity index (χ1v) is 18.8. The van der Waals surface area contributed by atoms with E-state index in [1.165, 1.54) is 22.5 Å². The highest BCUT2D eigenvalue weighted by atomic mass is 16.5. The quantitative estimate of drug-likeness (QED) is 0.117. The second kappa shape index (κ2) is 17.6. The molecule has 0 aromatic heterocycles. The van der Waals surface area contributed by atoms with Gasteiger partial charge in [0.05, 0.1) is 28.4 Å². The molecule has 0 N–H and O–H groups in total. The smallest absolute Gasteiger partial charge is 0.118 e. The number of hydrogen-bond donors (Lipinski definition) is 0. The fraction of sp³-hybridized carbons (Fsp3) is 0.137. The fourth-order valence-electron chi connectivity index (χ4n) is 7.13. The summed E-state index contributed by atoms with van der Waals surface area (Å²) in [6.45, 7) is 0. The van der Waals surface area contributed by atoms with Crippen LogP contribution in [0.15, 0.2) is 158 Å². The lowest BCUT2D eigenvalue weighted by Gasteiger charge is -2.23. The number of hydrogen-bond acceptors (Lipinski definition) is 5. The lowest BCUT2D eigenvalue weighted by molar-refractivity contribution is 0.414. The van der Waals surface area contributed by atoms with Crippen LogP contribution in [-0.4, -0.2) is 35.5 Å². The second-order valence-electron chi connectivity index (χ2n) is 13.6. The predicted octanol–water partition coefficient (Wildman–Crippen LogP) is 11.9. The highest BCUT2D eigenvalue weighted by Crippen LogP contribution is 2.37. The highest BCUT2D eigenvalue weighted by Gasteiger charge is 2.18. The first kappa shape index (κ1) is 37.6. The third-order valence-corrected chi connectivity index (χ3v) is 10.3. The van der Waals surface area contributed by atoms with Crippen LogP contribution < -0.4 is 23.8 Å². The summed E-state index contributed by atoms with van der Waals surface area (Å²) in [6, 6.07) is 46.3.